The number of aliphatic hydroxyl groups excluding tert-OH is 2. The van der Waals surface area contributed by atoms with Crippen molar-refractivity contribution >= 4 is 5.82 Å². The fourth-order valence-electron chi connectivity index (χ4n) is 2.97. The van der Waals surface area contributed by atoms with Crippen LogP contribution in [0.25, 0.3) is 0 Å². The van der Waals surface area contributed by atoms with Gasteiger partial charge in [0.2, 0.25) is 0 Å². The fourth-order valence-corrected chi connectivity index (χ4v) is 2.97. The number of hydrogen-bond donors (Lipinski definition) is 3. The van der Waals surface area contributed by atoms with Crippen LogP contribution in [0.1, 0.15) is 29.5 Å². The molecule has 1 aliphatic rings. The van der Waals surface area contributed by atoms with E-state index in [9.17, 15) is 5.11 Å². The molecule has 0 aromatic carbocycles. The van der Waals surface area contributed by atoms with E-state index in [4.69, 9.17) is 5.11 Å². The van der Waals surface area contributed by atoms with Crippen molar-refractivity contribution in [1.82, 2.24) is 19.7 Å². The highest BCUT2D eigenvalue weighted by molar-refractivity contribution is 5.42. The lowest BCUT2D eigenvalue weighted by atomic mass is 10.2. The number of hydrogen-bond acceptors (Lipinski definition) is 6. The first-order valence-electron chi connectivity index (χ1n) is 7.91. The third kappa shape index (κ3) is 3.52. The van der Waals surface area contributed by atoms with Gasteiger partial charge in [0.25, 0.3) is 0 Å². The fraction of sp³-hybridized carbons (Fsp3) is 0.500. The first kappa shape index (κ1) is 15.9. The number of rotatable bonds is 5. The van der Waals surface area contributed by atoms with Gasteiger partial charge in [-0.15, -0.1) is 0 Å². The third-order valence-electron chi connectivity index (χ3n) is 4.15. The number of pyridine rings is 1. The van der Waals surface area contributed by atoms with Crippen molar-refractivity contribution in [2.45, 2.75) is 32.2 Å². The molecule has 7 nitrogen and oxygen atoms in total. The Morgan fingerprint density at radius 3 is 3.04 bits per heavy atom. The first-order valence-corrected chi connectivity index (χ1v) is 7.91. The van der Waals surface area contributed by atoms with Crippen molar-refractivity contribution in [3.8, 4) is 0 Å². The molecule has 124 valence electrons. The Balaban J connectivity index is 1.76. The highest BCUT2D eigenvalue weighted by Crippen LogP contribution is 2.21. The Kier molecular flexibility index (Phi) is 4.90. The number of fused-ring (bicyclic) bond motifs is 1. The standard InChI is InChI=1S/C16H23N5O2/c1-17-16-12(4-2-5-18-16)9-20-6-3-7-21-13(10-20)8-14(19-21)15(23)11-22/h2,4-5,8,15,22-23H,3,6-7,9-11H2,1H3,(H,17,18)/t15-/m0/s1. The SMILES string of the molecule is CNc1ncccc1CN1CCCn2nc([C@@H](O)CO)cc2C1. The normalized spacial score (nSPS) is 16.7. The lowest BCUT2D eigenvalue weighted by Crippen LogP contribution is -2.23. The molecule has 0 radical (unpaired) electrons. The molecule has 0 aliphatic carbocycles. The van der Waals surface area contributed by atoms with Gasteiger partial charge in [0.1, 0.15) is 11.9 Å². The maximum atomic E-state index is 9.76. The lowest BCUT2D eigenvalue weighted by Gasteiger charge is -2.20. The van der Waals surface area contributed by atoms with Crippen LogP contribution < -0.4 is 5.32 Å². The molecule has 3 heterocycles. The zero-order chi connectivity index (χ0) is 16.2. The van der Waals surface area contributed by atoms with Crippen molar-refractivity contribution < 1.29 is 10.2 Å². The second-order valence-corrected chi connectivity index (χ2v) is 5.81. The summed E-state index contributed by atoms with van der Waals surface area (Å²) in [5.41, 5.74) is 2.78. The number of nitrogens with one attached hydrogen (secondary N) is 1. The molecule has 0 unspecified atom stereocenters. The van der Waals surface area contributed by atoms with Crippen molar-refractivity contribution in [1.29, 1.82) is 0 Å². The minimum absolute atomic E-state index is 0.304. The molecule has 2 aromatic rings. The van der Waals surface area contributed by atoms with Crippen LogP contribution in [-0.2, 0) is 19.6 Å². The van der Waals surface area contributed by atoms with Crippen LogP contribution in [0.2, 0.25) is 0 Å². The predicted octanol–water partition coefficient (Wildman–Crippen LogP) is 0.751. The van der Waals surface area contributed by atoms with Gasteiger partial charge in [0.05, 0.1) is 18.0 Å². The van der Waals surface area contributed by atoms with Gasteiger partial charge < -0.3 is 15.5 Å². The summed E-state index contributed by atoms with van der Waals surface area (Å²) in [7, 11) is 1.88. The quantitative estimate of drug-likeness (QED) is 0.754. The number of aromatic nitrogens is 3. The summed E-state index contributed by atoms with van der Waals surface area (Å²) in [4.78, 5) is 6.71. The number of aryl methyl sites for hydroxylation is 1. The van der Waals surface area contributed by atoms with Gasteiger partial charge in [0, 0.05) is 45.0 Å². The average Bonchev–Trinajstić information content (AvgIpc) is 2.88. The van der Waals surface area contributed by atoms with Crippen LogP contribution in [0.3, 0.4) is 0 Å². The molecule has 0 fully saturated rings. The summed E-state index contributed by atoms with van der Waals surface area (Å²) < 4.78 is 1.94. The molecule has 0 bridgehead atoms. The number of aliphatic hydroxyl groups is 2. The third-order valence-corrected chi connectivity index (χ3v) is 4.15. The topological polar surface area (TPSA) is 86.4 Å². The van der Waals surface area contributed by atoms with Crippen molar-refractivity contribution in [2.24, 2.45) is 0 Å². The van der Waals surface area contributed by atoms with E-state index in [1.807, 2.05) is 23.9 Å². The highest BCUT2D eigenvalue weighted by atomic mass is 16.3. The summed E-state index contributed by atoms with van der Waals surface area (Å²) >= 11 is 0. The van der Waals surface area contributed by atoms with Crippen LogP contribution in [0.4, 0.5) is 5.82 Å². The summed E-state index contributed by atoms with van der Waals surface area (Å²) in [6, 6.07) is 5.93. The van der Waals surface area contributed by atoms with E-state index >= 15 is 0 Å². The van der Waals surface area contributed by atoms with Gasteiger partial charge in [-0.1, -0.05) is 6.07 Å². The molecule has 0 spiro atoms. The zero-order valence-corrected chi connectivity index (χ0v) is 13.3. The summed E-state index contributed by atoms with van der Waals surface area (Å²) in [6.07, 6.45) is 1.88. The largest absolute Gasteiger partial charge is 0.393 e. The lowest BCUT2D eigenvalue weighted by molar-refractivity contribution is 0.0916. The minimum atomic E-state index is -0.905. The van der Waals surface area contributed by atoms with E-state index in [0.29, 0.717) is 5.69 Å². The molecule has 2 aromatic heterocycles. The van der Waals surface area contributed by atoms with E-state index in [-0.39, 0.29) is 6.61 Å². The van der Waals surface area contributed by atoms with Gasteiger partial charge >= 0.3 is 0 Å². The number of anilines is 1. The molecular formula is C16H23N5O2. The molecular weight excluding hydrogens is 294 g/mol. The molecule has 23 heavy (non-hydrogen) atoms. The predicted molar refractivity (Wildman–Crippen MR) is 86.8 cm³/mol. The Labute approximate surface area is 135 Å². The summed E-state index contributed by atoms with van der Waals surface area (Å²) in [5.74, 6) is 0.904. The maximum absolute atomic E-state index is 9.76. The second-order valence-electron chi connectivity index (χ2n) is 5.81. The van der Waals surface area contributed by atoms with Gasteiger partial charge in [-0.25, -0.2) is 4.98 Å². The van der Waals surface area contributed by atoms with Crippen LogP contribution in [0.5, 0.6) is 0 Å². The van der Waals surface area contributed by atoms with Crippen LogP contribution in [0, 0.1) is 0 Å². The monoisotopic (exact) mass is 317 g/mol. The van der Waals surface area contributed by atoms with Gasteiger partial charge in [0.15, 0.2) is 0 Å². The number of nitrogens with zero attached hydrogens (tertiary/aromatic N) is 4. The van der Waals surface area contributed by atoms with Gasteiger partial charge in [-0.3, -0.25) is 9.58 Å². The van der Waals surface area contributed by atoms with E-state index in [1.54, 1.807) is 6.20 Å². The molecule has 0 saturated carbocycles. The molecule has 3 rings (SSSR count). The van der Waals surface area contributed by atoms with Crippen molar-refractivity contribution in [3.63, 3.8) is 0 Å². The molecule has 0 saturated heterocycles. The Morgan fingerprint density at radius 2 is 2.26 bits per heavy atom. The first-order chi connectivity index (χ1) is 11.2. The summed E-state index contributed by atoms with van der Waals surface area (Å²) in [6.45, 7) is 3.09. The van der Waals surface area contributed by atoms with E-state index < -0.39 is 6.10 Å². The smallest absolute Gasteiger partial charge is 0.130 e. The van der Waals surface area contributed by atoms with Gasteiger partial charge in [-0.05, 0) is 18.6 Å². The van der Waals surface area contributed by atoms with Crippen molar-refractivity contribution in [2.75, 3.05) is 25.5 Å². The minimum Gasteiger partial charge on any atom is -0.393 e. The molecule has 0 amide bonds. The highest BCUT2D eigenvalue weighted by Gasteiger charge is 2.20. The van der Waals surface area contributed by atoms with E-state index in [0.717, 1.165) is 44.1 Å². The average molecular weight is 317 g/mol. The molecule has 3 N–H and O–H groups in total. The molecule has 1 atom stereocenters. The summed E-state index contributed by atoms with van der Waals surface area (Å²) in [5, 5.41) is 26.4. The zero-order valence-electron chi connectivity index (χ0n) is 13.3. The maximum Gasteiger partial charge on any atom is 0.130 e. The second kappa shape index (κ2) is 7.08. The van der Waals surface area contributed by atoms with Crippen LogP contribution >= 0.6 is 0 Å². The van der Waals surface area contributed by atoms with Crippen LogP contribution in [-0.4, -0.2) is 50.1 Å². The van der Waals surface area contributed by atoms with E-state index in [1.165, 1.54) is 5.56 Å². The molecule has 1 aliphatic heterocycles. The van der Waals surface area contributed by atoms with Crippen molar-refractivity contribution in [3.05, 3.63) is 41.3 Å². The molecule has 7 heteroatoms. The van der Waals surface area contributed by atoms with Gasteiger partial charge in [-0.2, -0.15) is 5.10 Å². The Morgan fingerprint density at radius 1 is 1.39 bits per heavy atom. The van der Waals surface area contributed by atoms with E-state index in [2.05, 4.69) is 26.4 Å². The Hall–Kier alpha value is -1.96. The van der Waals surface area contributed by atoms with Crippen LogP contribution in [0.15, 0.2) is 24.4 Å². The Bertz CT molecular complexity index is 658.